The molecule has 2 N–H and O–H groups in total. The first kappa shape index (κ1) is 19.7. The first-order chi connectivity index (χ1) is 14.5. The average Bonchev–Trinajstić information content (AvgIpc) is 3.42. The van der Waals surface area contributed by atoms with Crippen molar-refractivity contribution < 1.29 is 14.0 Å². The van der Waals surface area contributed by atoms with Crippen LogP contribution in [0.15, 0.2) is 66.0 Å². The highest BCUT2D eigenvalue weighted by molar-refractivity contribution is 7.13. The summed E-state index contributed by atoms with van der Waals surface area (Å²) in [6.07, 6.45) is 0. The lowest BCUT2D eigenvalue weighted by Crippen LogP contribution is -2.42. The second kappa shape index (κ2) is 8.44. The third-order valence-corrected chi connectivity index (χ3v) is 5.21. The Balaban J connectivity index is 1.60. The molecule has 4 aromatic rings. The lowest BCUT2D eigenvalue weighted by molar-refractivity contribution is 0.0841. The standard InChI is InChI=1S/C20H13ClFN5O2S/c21-15-8-2-1-7-14(15)19(28)24-25-20(29)17-23-18(16-9-4-10-30-16)27(26-17)13-6-3-5-12(22)11-13/h1-11H,(H,24,28)(H,25,29). The Morgan fingerprint density at radius 3 is 2.53 bits per heavy atom. The molecule has 2 heterocycles. The molecule has 0 bridgehead atoms. The maximum Gasteiger partial charge on any atom is 0.309 e. The van der Waals surface area contributed by atoms with E-state index in [0.29, 0.717) is 11.5 Å². The van der Waals surface area contributed by atoms with E-state index in [2.05, 4.69) is 20.9 Å². The first-order valence-corrected chi connectivity index (χ1v) is 9.91. The van der Waals surface area contributed by atoms with E-state index in [0.717, 1.165) is 4.88 Å². The van der Waals surface area contributed by atoms with Crippen LogP contribution in [0.25, 0.3) is 16.4 Å². The van der Waals surface area contributed by atoms with Crippen LogP contribution in [0.2, 0.25) is 5.02 Å². The molecule has 0 saturated heterocycles. The minimum atomic E-state index is -0.733. The molecule has 2 aromatic heterocycles. The van der Waals surface area contributed by atoms with Gasteiger partial charge < -0.3 is 0 Å². The lowest BCUT2D eigenvalue weighted by atomic mass is 10.2. The van der Waals surface area contributed by atoms with Crippen molar-refractivity contribution in [3.63, 3.8) is 0 Å². The lowest BCUT2D eigenvalue weighted by Gasteiger charge is -2.06. The van der Waals surface area contributed by atoms with Gasteiger partial charge in [0.2, 0.25) is 5.82 Å². The highest BCUT2D eigenvalue weighted by atomic mass is 35.5. The van der Waals surface area contributed by atoms with Crippen LogP contribution in [0.1, 0.15) is 21.0 Å². The number of aromatic nitrogens is 3. The number of hydrazine groups is 1. The van der Waals surface area contributed by atoms with Gasteiger partial charge in [-0.3, -0.25) is 20.4 Å². The van der Waals surface area contributed by atoms with Crippen molar-refractivity contribution in [2.45, 2.75) is 0 Å². The number of nitrogens with zero attached hydrogens (tertiary/aromatic N) is 3. The Labute approximate surface area is 179 Å². The molecule has 7 nitrogen and oxygen atoms in total. The number of benzene rings is 2. The summed E-state index contributed by atoms with van der Waals surface area (Å²) in [5, 5.41) is 6.30. The Hall–Kier alpha value is -3.56. The van der Waals surface area contributed by atoms with Gasteiger partial charge in [0.05, 0.1) is 21.2 Å². The van der Waals surface area contributed by atoms with Gasteiger partial charge in [-0.2, -0.15) is 0 Å². The fraction of sp³-hybridized carbons (Fsp3) is 0. The third kappa shape index (κ3) is 4.07. The van der Waals surface area contributed by atoms with Gasteiger partial charge in [0.25, 0.3) is 5.91 Å². The molecule has 0 atom stereocenters. The largest absolute Gasteiger partial charge is 0.309 e. The van der Waals surface area contributed by atoms with E-state index in [1.165, 1.54) is 40.3 Å². The van der Waals surface area contributed by atoms with E-state index in [9.17, 15) is 14.0 Å². The van der Waals surface area contributed by atoms with Crippen molar-refractivity contribution >= 4 is 34.8 Å². The number of carbonyl (C=O) groups is 2. The predicted molar refractivity (Wildman–Crippen MR) is 111 cm³/mol. The molecule has 2 amide bonds. The molecule has 30 heavy (non-hydrogen) atoms. The summed E-state index contributed by atoms with van der Waals surface area (Å²) in [4.78, 5) is 29.8. The zero-order chi connectivity index (χ0) is 21.1. The summed E-state index contributed by atoms with van der Waals surface area (Å²) < 4.78 is 15.1. The minimum absolute atomic E-state index is 0.192. The minimum Gasteiger partial charge on any atom is -0.267 e. The summed E-state index contributed by atoms with van der Waals surface area (Å²) in [5.74, 6) is -1.58. The molecule has 0 spiro atoms. The number of nitrogens with one attached hydrogen (secondary N) is 2. The molecule has 4 rings (SSSR count). The number of rotatable bonds is 4. The summed E-state index contributed by atoms with van der Waals surface area (Å²) >= 11 is 7.38. The van der Waals surface area contributed by atoms with Crippen molar-refractivity contribution in [1.82, 2.24) is 25.6 Å². The van der Waals surface area contributed by atoms with Gasteiger partial charge in [0.15, 0.2) is 5.82 Å². The van der Waals surface area contributed by atoms with Gasteiger partial charge in [0.1, 0.15) is 5.82 Å². The molecule has 2 aromatic carbocycles. The van der Waals surface area contributed by atoms with E-state index >= 15 is 0 Å². The predicted octanol–water partition coefficient (Wildman–Crippen LogP) is 3.86. The van der Waals surface area contributed by atoms with E-state index < -0.39 is 17.6 Å². The van der Waals surface area contributed by atoms with Crippen LogP contribution < -0.4 is 10.9 Å². The molecular weight excluding hydrogens is 429 g/mol. The van der Waals surface area contributed by atoms with Gasteiger partial charge in [-0.15, -0.1) is 16.4 Å². The Morgan fingerprint density at radius 2 is 1.80 bits per heavy atom. The molecule has 0 aliphatic carbocycles. The molecule has 0 radical (unpaired) electrons. The van der Waals surface area contributed by atoms with E-state index in [1.54, 1.807) is 24.3 Å². The molecule has 10 heteroatoms. The van der Waals surface area contributed by atoms with E-state index in [1.807, 2.05) is 17.5 Å². The normalized spacial score (nSPS) is 10.6. The first-order valence-electron chi connectivity index (χ1n) is 8.65. The monoisotopic (exact) mass is 441 g/mol. The maximum absolute atomic E-state index is 13.7. The van der Waals surface area contributed by atoms with Gasteiger partial charge in [0, 0.05) is 0 Å². The van der Waals surface area contributed by atoms with Crippen LogP contribution in [-0.4, -0.2) is 26.6 Å². The Morgan fingerprint density at radius 1 is 1.00 bits per heavy atom. The van der Waals surface area contributed by atoms with E-state index in [4.69, 9.17) is 11.6 Å². The number of amides is 2. The van der Waals surface area contributed by atoms with Crippen LogP contribution in [0.4, 0.5) is 4.39 Å². The fourth-order valence-corrected chi connectivity index (χ4v) is 3.56. The summed E-state index contributed by atoms with van der Waals surface area (Å²) in [5.41, 5.74) is 5.16. The summed E-state index contributed by atoms with van der Waals surface area (Å²) in [6, 6.07) is 15.8. The highest BCUT2D eigenvalue weighted by Gasteiger charge is 2.20. The zero-order valence-electron chi connectivity index (χ0n) is 15.2. The average molecular weight is 442 g/mol. The number of thiophene rings is 1. The van der Waals surface area contributed by atoms with Crippen LogP contribution in [0, 0.1) is 5.82 Å². The number of carbonyl (C=O) groups excluding carboxylic acids is 2. The Kier molecular flexibility index (Phi) is 5.55. The van der Waals surface area contributed by atoms with Crippen molar-refractivity contribution in [1.29, 1.82) is 0 Å². The fourth-order valence-electron chi connectivity index (χ4n) is 2.64. The molecule has 0 aliphatic rings. The topological polar surface area (TPSA) is 88.9 Å². The van der Waals surface area contributed by atoms with Crippen molar-refractivity contribution in [2.24, 2.45) is 0 Å². The molecule has 150 valence electrons. The second-order valence-corrected chi connectivity index (χ2v) is 7.37. The van der Waals surface area contributed by atoms with Gasteiger partial charge >= 0.3 is 5.91 Å². The maximum atomic E-state index is 13.7. The number of halogens is 2. The van der Waals surface area contributed by atoms with Gasteiger partial charge in [-0.25, -0.2) is 14.1 Å². The second-order valence-electron chi connectivity index (χ2n) is 6.02. The molecule has 0 fully saturated rings. The quantitative estimate of drug-likeness (QED) is 0.470. The van der Waals surface area contributed by atoms with Crippen molar-refractivity contribution in [3.8, 4) is 16.4 Å². The van der Waals surface area contributed by atoms with Gasteiger partial charge in [-0.1, -0.05) is 35.9 Å². The highest BCUT2D eigenvalue weighted by Crippen LogP contribution is 2.25. The molecule has 0 saturated carbocycles. The number of hydrogen-bond acceptors (Lipinski definition) is 5. The van der Waals surface area contributed by atoms with Crippen LogP contribution in [0.3, 0.4) is 0 Å². The Bertz CT molecular complexity index is 1230. The SMILES string of the molecule is O=C(NNC(=O)c1ccccc1Cl)c1nc(-c2cccs2)n(-c2cccc(F)c2)n1. The van der Waals surface area contributed by atoms with Crippen molar-refractivity contribution in [2.75, 3.05) is 0 Å². The van der Waals surface area contributed by atoms with Gasteiger partial charge in [-0.05, 0) is 41.8 Å². The molecule has 0 unspecified atom stereocenters. The number of hydrogen-bond donors (Lipinski definition) is 2. The summed E-state index contributed by atoms with van der Waals surface area (Å²) in [7, 11) is 0. The van der Waals surface area contributed by atoms with Crippen LogP contribution in [0.5, 0.6) is 0 Å². The zero-order valence-corrected chi connectivity index (χ0v) is 16.7. The molecule has 0 aliphatic heterocycles. The van der Waals surface area contributed by atoms with E-state index in [-0.39, 0.29) is 16.4 Å². The molecular formula is C20H13ClFN5O2S. The summed E-state index contributed by atoms with van der Waals surface area (Å²) in [6.45, 7) is 0. The van der Waals surface area contributed by atoms with Crippen molar-refractivity contribution in [3.05, 3.63) is 88.3 Å². The smallest absolute Gasteiger partial charge is 0.267 e. The van der Waals surface area contributed by atoms with Crippen LogP contribution in [-0.2, 0) is 0 Å². The van der Waals surface area contributed by atoms with Crippen LogP contribution >= 0.6 is 22.9 Å². The third-order valence-electron chi connectivity index (χ3n) is 4.01.